The Morgan fingerprint density at radius 3 is 2.80 bits per heavy atom. The van der Waals surface area contributed by atoms with Gasteiger partial charge in [0.25, 0.3) is 0 Å². The summed E-state index contributed by atoms with van der Waals surface area (Å²) in [6.45, 7) is 0.482. The van der Waals surface area contributed by atoms with Crippen LogP contribution in [0.3, 0.4) is 0 Å². The van der Waals surface area contributed by atoms with Gasteiger partial charge in [0.05, 0.1) is 24.5 Å². The topological polar surface area (TPSA) is 117 Å². The van der Waals surface area contributed by atoms with E-state index in [1.54, 1.807) is 28.2 Å². The van der Waals surface area contributed by atoms with Crippen molar-refractivity contribution < 1.29 is 9.53 Å². The molecule has 3 aromatic heterocycles. The predicted octanol–water partition coefficient (Wildman–Crippen LogP) is 1.27. The number of tetrazole rings is 1. The summed E-state index contributed by atoms with van der Waals surface area (Å²) in [5.74, 6) is 0.643. The number of carbonyl (C=O) groups is 1. The maximum atomic E-state index is 12.5. The third-order valence-corrected chi connectivity index (χ3v) is 5.48. The Morgan fingerprint density at radius 2 is 2.03 bits per heavy atom. The van der Waals surface area contributed by atoms with E-state index < -0.39 is 0 Å². The molecule has 30 heavy (non-hydrogen) atoms. The number of anilines is 1. The smallest absolute Gasteiger partial charge is 0.415 e. The van der Waals surface area contributed by atoms with Crippen molar-refractivity contribution in [2.45, 2.75) is 25.1 Å². The molecular weight excluding hydrogens is 386 g/mol. The van der Waals surface area contributed by atoms with Crippen LogP contribution in [0.25, 0.3) is 16.9 Å². The van der Waals surface area contributed by atoms with Crippen molar-refractivity contribution in [2.24, 2.45) is 0 Å². The van der Waals surface area contributed by atoms with Crippen LogP contribution >= 0.6 is 0 Å². The molecule has 148 valence electrons. The lowest BCUT2D eigenvalue weighted by Crippen LogP contribution is -2.35. The third kappa shape index (κ3) is 2.63. The Kier molecular flexibility index (Phi) is 3.60. The Bertz CT molecular complexity index is 1210. The van der Waals surface area contributed by atoms with Gasteiger partial charge in [0.15, 0.2) is 5.82 Å². The van der Waals surface area contributed by atoms with E-state index in [2.05, 4.69) is 36.9 Å². The summed E-state index contributed by atoms with van der Waals surface area (Å²) in [6.07, 6.45) is 6.81. The van der Waals surface area contributed by atoms with Crippen LogP contribution < -0.4 is 4.90 Å². The van der Waals surface area contributed by atoms with Crippen LogP contribution in [0, 0.1) is 0 Å². The monoisotopic (exact) mass is 401 g/mol. The molecule has 4 aromatic rings. The highest BCUT2D eigenvalue weighted by atomic mass is 16.6. The Labute approximate surface area is 169 Å². The number of pyridine rings is 1. The molecule has 6 rings (SSSR count). The Morgan fingerprint density at radius 1 is 1.10 bits per heavy atom. The highest BCUT2D eigenvalue weighted by Crippen LogP contribution is 2.40. The van der Waals surface area contributed by atoms with Gasteiger partial charge in [-0.3, -0.25) is 4.90 Å². The molecule has 2 aliphatic rings. The molecule has 0 saturated carbocycles. The summed E-state index contributed by atoms with van der Waals surface area (Å²) in [5.41, 5.74) is 4.02. The first-order chi connectivity index (χ1) is 14.8. The van der Waals surface area contributed by atoms with E-state index in [0.29, 0.717) is 12.4 Å². The first-order valence-corrected chi connectivity index (χ1v) is 9.43. The minimum absolute atomic E-state index is 0.0488. The fourth-order valence-corrected chi connectivity index (χ4v) is 4.09. The van der Waals surface area contributed by atoms with Crippen molar-refractivity contribution in [1.82, 2.24) is 40.2 Å². The molecule has 0 aliphatic carbocycles. The first-order valence-electron chi connectivity index (χ1n) is 9.43. The number of benzene rings is 1. The summed E-state index contributed by atoms with van der Waals surface area (Å²) in [4.78, 5) is 18.7. The largest absolute Gasteiger partial charge is 0.442 e. The lowest BCUT2D eigenvalue weighted by molar-refractivity contribution is 0.117. The van der Waals surface area contributed by atoms with Gasteiger partial charge in [-0.25, -0.2) is 14.5 Å². The van der Waals surface area contributed by atoms with Crippen LogP contribution in [0.5, 0.6) is 0 Å². The van der Waals surface area contributed by atoms with Crippen LogP contribution in [0.1, 0.15) is 5.56 Å². The normalized spacial score (nSPS) is 19.6. The second-order valence-corrected chi connectivity index (χ2v) is 7.19. The van der Waals surface area contributed by atoms with Gasteiger partial charge >= 0.3 is 6.09 Å². The van der Waals surface area contributed by atoms with Crippen molar-refractivity contribution in [1.29, 1.82) is 0 Å². The number of aromatic nitrogens is 8. The molecule has 11 nitrogen and oxygen atoms in total. The van der Waals surface area contributed by atoms with Crippen molar-refractivity contribution in [3.63, 3.8) is 0 Å². The van der Waals surface area contributed by atoms with Gasteiger partial charge in [0, 0.05) is 18.0 Å². The minimum Gasteiger partial charge on any atom is -0.442 e. The Balaban J connectivity index is 1.27. The van der Waals surface area contributed by atoms with E-state index in [0.717, 1.165) is 28.8 Å². The van der Waals surface area contributed by atoms with Crippen molar-refractivity contribution >= 4 is 11.8 Å². The predicted molar refractivity (Wildman–Crippen MR) is 103 cm³/mol. The summed E-state index contributed by atoms with van der Waals surface area (Å²) in [6, 6.07) is 9.87. The maximum Gasteiger partial charge on any atom is 0.415 e. The van der Waals surface area contributed by atoms with Gasteiger partial charge in [-0.1, -0.05) is 11.3 Å². The van der Waals surface area contributed by atoms with E-state index in [4.69, 9.17) is 4.74 Å². The molecule has 0 bridgehead atoms. The van der Waals surface area contributed by atoms with Gasteiger partial charge in [-0.05, 0) is 52.2 Å². The molecule has 1 fully saturated rings. The van der Waals surface area contributed by atoms with E-state index in [9.17, 15) is 4.79 Å². The first kappa shape index (κ1) is 16.8. The van der Waals surface area contributed by atoms with Crippen molar-refractivity contribution in [2.75, 3.05) is 4.90 Å². The number of amides is 1. The molecule has 1 aromatic carbocycles. The molecule has 5 heterocycles. The van der Waals surface area contributed by atoms with Gasteiger partial charge < -0.3 is 4.74 Å². The number of hydrogen-bond donors (Lipinski definition) is 0. The summed E-state index contributed by atoms with van der Waals surface area (Å²) in [5, 5.41) is 18.9. The number of carbonyl (C=O) groups excluding carboxylic acids is 1. The van der Waals surface area contributed by atoms with E-state index in [-0.39, 0.29) is 18.2 Å². The number of rotatable bonds is 4. The second-order valence-electron chi connectivity index (χ2n) is 7.19. The highest BCUT2D eigenvalue weighted by molar-refractivity contribution is 5.94. The molecule has 2 aliphatic heterocycles. The van der Waals surface area contributed by atoms with Crippen LogP contribution in [0.15, 0.2) is 55.2 Å². The lowest BCUT2D eigenvalue weighted by Gasteiger charge is -2.16. The third-order valence-electron chi connectivity index (χ3n) is 5.48. The number of fused-ring (bicyclic) bond motifs is 3. The molecule has 1 saturated heterocycles. The van der Waals surface area contributed by atoms with Crippen LogP contribution in [-0.4, -0.2) is 58.4 Å². The zero-order valence-corrected chi connectivity index (χ0v) is 15.6. The molecule has 11 heteroatoms. The zero-order chi connectivity index (χ0) is 20.1. The van der Waals surface area contributed by atoms with Crippen molar-refractivity contribution in [3.8, 4) is 16.9 Å². The van der Waals surface area contributed by atoms with Gasteiger partial charge in [0.1, 0.15) is 12.4 Å². The zero-order valence-electron chi connectivity index (χ0n) is 15.6. The van der Waals surface area contributed by atoms with Gasteiger partial charge in [-0.2, -0.15) is 4.68 Å². The quantitative estimate of drug-likeness (QED) is 0.502. The standard InChI is InChI=1S/C19H15N9O2/c29-19-28-15-3-1-12(13-2-4-18(20-9-13)27-11-22-23-25-27)7-14(15)8-16(28)17(30-19)10-26-6-5-21-24-26/h1-7,9,11,16-17H,8,10H2/t16-,17-/m0/s1. The Hall–Kier alpha value is -4.15. The summed E-state index contributed by atoms with van der Waals surface area (Å²) < 4.78 is 8.78. The SMILES string of the molecule is O=C1O[C@@H](Cn2ccnn2)[C@@H]2Cc3cc(-c4ccc(-n5cnnn5)nc4)ccc3N12. The summed E-state index contributed by atoms with van der Waals surface area (Å²) >= 11 is 0. The molecule has 0 N–H and O–H groups in total. The van der Waals surface area contributed by atoms with Crippen LogP contribution in [-0.2, 0) is 17.7 Å². The number of hydrogen-bond acceptors (Lipinski definition) is 8. The second kappa shape index (κ2) is 6.44. The average molecular weight is 401 g/mol. The molecular formula is C19H15N9O2. The molecule has 1 amide bonds. The number of ether oxygens (including phenoxy) is 1. The van der Waals surface area contributed by atoms with Gasteiger partial charge in [-0.15, -0.1) is 10.2 Å². The maximum absolute atomic E-state index is 12.5. The fourth-order valence-electron chi connectivity index (χ4n) is 4.09. The lowest BCUT2D eigenvalue weighted by atomic mass is 10.0. The van der Waals surface area contributed by atoms with E-state index in [1.165, 1.54) is 11.0 Å². The highest BCUT2D eigenvalue weighted by Gasteiger charge is 2.47. The van der Waals surface area contributed by atoms with E-state index >= 15 is 0 Å². The minimum atomic E-state index is -0.316. The summed E-state index contributed by atoms with van der Waals surface area (Å²) in [7, 11) is 0. The van der Waals surface area contributed by atoms with E-state index in [1.807, 2.05) is 24.3 Å². The molecule has 0 radical (unpaired) electrons. The van der Waals surface area contributed by atoms with Crippen LogP contribution in [0.4, 0.5) is 10.5 Å². The van der Waals surface area contributed by atoms with Gasteiger partial charge in [0.2, 0.25) is 0 Å². The van der Waals surface area contributed by atoms with Crippen molar-refractivity contribution in [3.05, 3.63) is 60.8 Å². The fraction of sp³-hybridized carbons (Fsp3) is 0.211. The molecule has 0 unspecified atom stereocenters. The average Bonchev–Trinajstić information content (AvgIpc) is 3.56. The molecule has 0 spiro atoms. The number of nitrogens with zero attached hydrogens (tertiary/aromatic N) is 9. The molecule has 2 atom stereocenters. The van der Waals surface area contributed by atoms with Crippen LogP contribution in [0.2, 0.25) is 0 Å². The number of cyclic esters (lactones) is 1.